The van der Waals surface area contributed by atoms with E-state index in [2.05, 4.69) is 10.3 Å². The number of nitrogens with one attached hydrogen (secondary N) is 1. The Morgan fingerprint density at radius 3 is 3.05 bits per heavy atom. The molecule has 2 aromatic rings. The Kier molecular flexibility index (Phi) is 3.98. The molecule has 1 atom stereocenters. The summed E-state index contributed by atoms with van der Waals surface area (Å²) in [5.41, 5.74) is 1.71. The maximum Gasteiger partial charge on any atom is 0.221 e. The highest BCUT2D eigenvalue weighted by molar-refractivity contribution is 6.33. The average Bonchev–Trinajstić information content (AvgIpc) is 2.48. The fraction of sp³-hybridized carbons (Fsp3) is 0.250. The van der Waals surface area contributed by atoms with Crippen molar-refractivity contribution in [2.75, 3.05) is 5.32 Å². The molecule has 4 nitrogen and oxygen atoms in total. The lowest BCUT2D eigenvalue weighted by Crippen LogP contribution is -2.18. The number of anilines is 1. The first kappa shape index (κ1) is 14.8. The minimum Gasteiger partial charge on any atom is -0.484 e. The molecule has 0 spiro atoms. The summed E-state index contributed by atoms with van der Waals surface area (Å²) >= 11 is 6.14. The summed E-state index contributed by atoms with van der Waals surface area (Å²) in [6, 6.07) is 6.36. The van der Waals surface area contributed by atoms with Crippen molar-refractivity contribution in [3.05, 3.63) is 52.6 Å². The van der Waals surface area contributed by atoms with Crippen LogP contribution in [0, 0.1) is 5.82 Å². The number of amides is 1. The summed E-state index contributed by atoms with van der Waals surface area (Å²) in [7, 11) is 0. The van der Waals surface area contributed by atoms with Crippen LogP contribution in [-0.4, -0.2) is 10.9 Å². The number of rotatable bonds is 2. The van der Waals surface area contributed by atoms with Crippen molar-refractivity contribution in [3.8, 4) is 5.75 Å². The van der Waals surface area contributed by atoms with Crippen LogP contribution in [0.5, 0.6) is 5.75 Å². The summed E-state index contributed by atoms with van der Waals surface area (Å²) in [5.74, 6) is -0.00793. The Bertz CT molecular complexity index is 736. The first-order valence-electron chi connectivity index (χ1n) is 6.91. The molecule has 1 unspecified atom stereocenters. The summed E-state index contributed by atoms with van der Waals surface area (Å²) in [6.07, 6.45) is 2.43. The van der Waals surface area contributed by atoms with E-state index in [0.29, 0.717) is 35.0 Å². The number of fused-ring (bicyclic) bond motifs is 1. The number of aromatic nitrogens is 1. The van der Waals surface area contributed by atoms with Gasteiger partial charge in [-0.25, -0.2) is 4.39 Å². The van der Waals surface area contributed by atoms with E-state index in [9.17, 15) is 9.18 Å². The van der Waals surface area contributed by atoms with Gasteiger partial charge < -0.3 is 10.1 Å². The lowest BCUT2D eigenvalue weighted by atomic mass is 9.99. The SMILES string of the molecule is CC(=O)Nc1cc2c(cc1Cl)CCC(c1ncccc1F)O2. The van der Waals surface area contributed by atoms with Crippen LogP contribution in [0.2, 0.25) is 5.02 Å². The number of hydrogen-bond donors (Lipinski definition) is 1. The predicted molar refractivity (Wildman–Crippen MR) is 81.6 cm³/mol. The van der Waals surface area contributed by atoms with Crippen molar-refractivity contribution in [1.29, 1.82) is 0 Å². The number of pyridine rings is 1. The zero-order valence-corrected chi connectivity index (χ0v) is 12.7. The van der Waals surface area contributed by atoms with Crippen molar-refractivity contribution in [2.45, 2.75) is 25.9 Å². The van der Waals surface area contributed by atoms with Gasteiger partial charge >= 0.3 is 0 Å². The monoisotopic (exact) mass is 320 g/mol. The third-order valence-electron chi connectivity index (χ3n) is 3.50. The Morgan fingerprint density at radius 2 is 2.32 bits per heavy atom. The number of hydrogen-bond acceptors (Lipinski definition) is 3. The number of carbonyl (C=O) groups is 1. The van der Waals surface area contributed by atoms with Crippen LogP contribution >= 0.6 is 11.6 Å². The molecule has 0 saturated carbocycles. The maximum absolute atomic E-state index is 13.8. The van der Waals surface area contributed by atoms with Crippen LogP contribution in [-0.2, 0) is 11.2 Å². The topological polar surface area (TPSA) is 51.2 Å². The number of carbonyl (C=O) groups excluding carboxylic acids is 1. The molecule has 1 aromatic heterocycles. The van der Waals surface area contributed by atoms with Crippen molar-refractivity contribution in [2.24, 2.45) is 0 Å². The van der Waals surface area contributed by atoms with E-state index in [0.717, 1.165) is 5.56 Å². The second-order valence-electron chi connectivity index (χ2n) is 5.14. The van der Waals surface area contributed by atoms with Gasteiger partial charge in [0.25, 0.3) is 0 Å². The molecule has 1 N–H and O–H groups in total. The number of nitrogens with zero attached hydrogens (tertiary/aromatic N) is 1. The number of aryl methyl sites for hydroxylation is 1. The Hall–Kier alpha value is -2.14. The minimum atomic E-state index is -0.444. The van der Waals surface area contributed by atoms with Gasteiger partial charge in [-0.1, -0.05) is 11.6 Å². The fourth-order valence-corrected chi connectivity index (χ4v) is 2.74. The van der Waals surface area contributed by atoms with E-state index in [4.69, 9.17) is 16.3 Å². The van der Waals surface area contributed by atoms with Gasteiger partial charge in [-0.3, -0.25) is 9.78 Å². The summed E-state index contributed by atoms with van der Waals surface area (Å²) in [5, 5.41) is 3.11. The molecule has 22 heavy (non-hydrogen) atoms. The third kappa shape index (κ3) is 2.90. The van der Waals surface area contributed by atoms with Gasteiger partial charge in [0.2, 0.25) is 5.91 Å². The molecule has 2 heterocycles. The van der Waals surface area contributed by atoms with E-state index in [1.165, 1.54) is 13.0 Å². The van der Waals surface area contributed by atoms with E-state index in [1.807, 2.05) is 0 Å². The van der Waals surface area contributed by atoms with Gasteiger partial charge in [-0.2, -0.15) is 0 Å². The minimum absolute atomic E-state index is 0.218. The summed E-state index contributed by atoms with van der Waals surface area (Å²) < 4.78 is 19.7. The number of benzene rings is 1. The quantitative estimate of drug-likeness (QED) is 0.913. The molecular weight excluding hydrogens is 307 g/mol. The van der Waals surface area contributed by atoms with E-state index < -0.39 is 6.10 Å². The van der Waals surface area contributed by atoms with Crippen LogP contribution in [0.4, 0.5) is 10.1 Å². The predicted octanol–water partition coefficient (Wildman–Crippen LogP) is 3.90. The van der Waals surface area contributed by atoms with Gasteiger partial charge in [-0.15, -0.1) is 0 Å². The van der Waals surface area contributed by atoms with Gasteiger partial charge in [0.05, 0.1) is 10.7 Å². The van der Waals surface area contributed by atoms with Crippen LogP contribution < -0.4 is 10.1 Å². The molecule has 114 valence electrons. The van der Waals surface area contributed by atoms with E-state index in [-0.39, 0.29) is 11.7 Å². The highest BCUT2D eigenvalue weighted by Crippen LogP contribution is 2.39. The molecule has 0 saturated heterocycles. The molecule has 0 fully saturated rings. The normalized spacial score (nSPS) is 16.6. The molecule has 1 aliphatic heterocycles. The van der Waals surface area contributed by atoms with E-state index >= 15 is 0 Å². The summed E-state index contributed by atoms with van der Waals surface area (Å²) in [4.78, 5) is 15.3. The van der Waals surface area contributed by atoms with Crippen molar-refractivity contribution in [3.63, 3.8) is 0 Å². The maximum atomic E-state index is 13.8. The molecule has 1 amide bonds. The molecule has 0 radical (unpaired) electrons. The van der Waals surface area contributed by atoms with Crippen molar-refractivity contribution >= 4 is 23.2 Å². The van der Waals surface area contributed by atoms with Crippen LogP contribution in [0.15, 0.2) is 30.5 Å². The average molecular weight is 321 g/mol. The summed E-state index contributed by atoms with van der Waals surface area (Å²) in [6.45, 7) is 1.41. The highest BCUT2D eigenvalue weighted by atomic mass is 35.5. The van der Waals surface area contributed by atoms with Gasteiger partial charge in [0.1, 0.15) is 23.4 Å². The lowest BCUT2D eigenvalue weighted by Gasteiger charge is -2.26. The van der Waals surface area contributed by atoms with Crippen molar-refractivity contribution < 1.29 is 13.9 Å². The molecule has 6 heteroatoms. The highest BCUT2D eigenvalue weighted by Gasteiger charge is 2.26. The molecule has 0 bridgehead atoms. The second kappa shape index (κ2) is 5.93. The van der Waals surface area contributed by atoms with Crippen LogP contribution in [0.3, 0.4) is 0 Å². The molecule has 1 aliphatic rings. The van der Waals surface area contributed by atoms with E-state index in [1.54, 1.807) is 24.4 Å². The largest absolute Gasteiger partial charge is 0.484 e. The lowest BCUT2D eigenvalue weighted by molar-refractivity contribution is -0.114. The first-order valence-corrected chi connectivity index (χ1v) is 7.29. The smallest absolute Gasteiger partial charge is 0.221 e. The Morgan fingerprint density at radius 1 is 1.50 bits per heavy atom. The van der Waals surface area contributed by atoms with Crippen LogP contribution in [0.25, 0.3) is 0 Å². The third-order valence-corrected chi connectivity index (χ3v) is 3.81. The number of halogens is 2. The van der Waals surface area contributed by atoms with Gasteiger partial charge in [0, 0.05) is 19.2 Å². The van der Waals surface area contributed by atoms with Gasteiger partial charge in [0.15, 0.2) is 0 Å². The number of ether oxygens (including phenoxy) is 1. The van der Waals surface area contributed by atoms with Gasteiger partial charge in [-0.05, 0) is 36.6 Å². The molecule has 3 rings (SSSR count). The zero-order chi connectivity index (χ0) is 15.7. The Balaban J connectivity index is 1.92. The molecule has 0 aliphatic carbocycles. The van der Waals surface area contributed by atoms with Crippen molar-refractivity contribution in [1.82, 2.24) is 4.98 Å². The standard InChI is InChI=1S/C16H14ClFN2O2/c1-9(21)20-13-8-15-10(7-11(13)17)4-5-14(22-15)16-12(18)3-2-6-19-16/h2-3,6-8,14H,4-5H2,1H3,(H,20,21). The first-order chi connectivity index (χ1) is 10.5. The van der Waals surface area contributed by atoms with Crippen LogP contribution in [0.1, 0.15) is 30.7 Å². The fourth-order valence-electron chi connectivity index (χ4n) is 2.51. The molecule has 1 aromatic carbocycles. The zero-order valence-electron chi connectivity index (χ0n) is 11.9. The second-order valence-corrected chi connectivity index (χ2v) is 5.54. The Labute approximate surface area is 132 Å². The molecular formula is C16H14ClFN2O2.